The lowest BCUT2D eigenvalue weighted by Gasteiger charge is -2.22. The van der Waals surface area contributed by atoms with Crippen molar-refractivity contribution in [2.75, 3.05) is 0 Å². The number of ketones is 1. The zero-order valence-corrected chi connectivity index (χ0v) is 13.6. The van der Waals surface area contributed by atoms with Gasteiger partial charge in [0, 0.05) is 24.0 Å². The molecule has 3 rings (SSSR count). The number of alkyl halides is 3. The molecule has 1 heterocycles. The molecule has 26 heavy (non-hydrogen) atoms. The number of hydrogen-bond acceptors (Lipinski definition) is 3. The molecule has 1 aliphatic rings. The van der Waals surface area contributed by atoms with Crippen molar-refractivity contribution < 1.29 is 27.5 Å². The second-order valence-corrected chi connectivity index (χ2v) is 5.98. The standard InChI is InChI=1S/C20H15F3O3/c21-20(22,23)15-8-6-13(7-9-15)16(18-10-11-19(25)26-18)12-17(24)14-4-2-1-3-5-14/h1-11,16,18H,12H2/t16-,18+/m1/s1. The SMILES string of the molecule is O=C1C=C[C@@H]([C@H](CC(=O)c2ccccc2)c2ccc(C(F)(F)F)cc2)O1. The van der Waals surface area contributed by atoms with E-state index in [0.29, 0.717) is 11.1 Å². The lowest BCUT2D eigenvalue weighted by molar-refractivity contribution is -0.139. The largest absolute Gasteiger partial charge is 0.454 e. The average Bonchev–Trinajstić information content (AvgIpc) is 3.05. The van der Waals surface area contributed by atoms with Gasteiger partial charge < -0.3 is 4.74 Å². The Bertz CT molecular complexity index is 824. The summed E-state index contributed by atoms with van der Waals surface area (Å²) < 4.78 is 43.5. The third-order valence-electron chi connectivity index (χ3n) is 4.24. The molecule has 0 amide bonds. The highest BCUT2D eigenvalue weighted by molar-refractivity contribution is 5.96. The van der Waals surface area contributed by atoms with Gasteiger partial charge in [-0.3, -0.25) is 4.79 Å². The molecule has 0 saturated carbocycles. The molecule has 0 N–H and O–H groups in total. The average molecular weight is 360 g/mol. The summed E-state index contributed by atoms with van der Waals surface area (Å²) in [5.74, 6) is -1.27. The summed E-state index contributed by atoms with van der Waals surface area (Å²) in [5.41, 5.74) is 0.234. The quantitative estimate of drug-likeness (QED) is 0.581. The first-order chi connectivity index (χ1) is 12.3. The summed E-state index contributed by atoms with van der Waals surface area (Å²) in [7, 11) is 0. The van der Waals surface area contributed by atoms with Crippen molar-refractivity contribution in [1.82, 2.24) is 0 Å². The van der Waals surface area contributed by atoms with Gasteiger partial charge in [0.1, 0.15) is 6.10 Å². The van der Waals surface area contributed by atoms with Crippen LogP contribution in [0.2, 0.25) is 0 Å². The van der Waals surface area contributed by atoms with Crippen LogP contribution in [0.5, 0.6) is 0 Å². The van der Waals surface area contributed by atoms with Gasteiger partial charge in [0.25, 0.3) is 0 Å². The van der Waals surface area contributed by atoms with Crippen LogP contribution in [-0.2, 0) is 15.7 Å². The van der Waals surface area contributed by atoms with E-state index >= 15 is 0 Å². The van der Waals surface area contributed by atoms with Crippen molar-refractivity contribution in [3.05, 3.63) is 83.4 Å². The van der Waals surface area contributed by atoms with Gasteiger partial charge in [-0.05, 0) is 23.8 Å². The molecule has 3 nitrogen and oxygen atoms in total. The second kappa shape index (κ2) is 7.15. The molecular formula is C20H15F3O3. The predicted octanol–water partition coefficient (Wildman–Crippen LogP) is 4.54. The van der Waals surface area contributed by atoms with Gasteiger partial charge in [-0.2, -0.15) is 13.2 Å². The van der Waals surface area contributed by atoms with E-state index < -0.39 is 29.7 Å². The second-order valence-electron chi connectivity index (χ2n) is 5.98. The molecule has 2 aromatic carbocycles. The lowest BCUT2D eigenvalue weighted by Crippen LogP contribution is -2.22. The number of cyclic esters (lactones) is 1. The fourth-order valence-electron chi connectivity index (χ4n) is 2.89. The number of rotatable bonds is 5. The van der Waals surface area contributed by atoms with Crippen LogP contribution in [0.3, 0.4) is 0 Å². The van der Waals surface area contributed by atoms with Crippen molar-refractivity contribution in [3.8, 4) is 0 Å². The number of benzene rings is 2. The third kappa shape index (κ3) is 4.02. The van der Waals surface area contributed by atoms with E-state index in [-0.39, 0.29) is 12.2 Å². The Balaban J connectivity index is 1.87. The Morgan fingerprint density at radius 3 is 2.23 bits per heavy atom. The minimum atomic E-state index is -4.44. The highest BCUT2D eigenvalue weighted by Gasteiger charge is 2.33. The van der Waals surface area contributed by atoms with Crippen molar-refractivity contribution in [2.24, 2.45) is 0 Å². The highest BCUT2D eigenvalue weighted by atomic mass is 19.4. The van der Waals surface area contributed by atoms with Gasteiger partial charge in [0.15, 0.2) is 5.78 Å². The Morgan fingerprint density at radius 2 is 1.69 bits per heavy atom. The number of ether oxygens (including phenoxy) is 1. The summed E-state index contributed by atoms with van der Waals surface area (Å²) in [6, 6.07) is 13.2. The van der Waals surface area contributed by atoms with E-state index in [0.717, 1.165) is 12.1 Å². The van der Waals surface area contributed by atoms with Gasteiger partial charge in [-0.1, -0.05) is 42.5 Å². The van der Waals surface area contributed by atoms with Crippen molar-refractivity contribution >= 4 is 11.8 Å². The van der Waals surface area contributed by atoms with Crippen LogP contribution < -0.4 is 0 Å². The van der Waals surface area contributed by atoms with Crippen molar-refractivity contribution in [2.45, 2.75) is 24.6 Å². The maximum absolute atomic E-state index is 12.8. The number of hydrogen-bond donors (Lipinski definition) is 0. The van der Waals surface area contributed by atoms with Gasteiger partial charge in [-0.15, -0.1) is 0 Å². The number of esters is 1. The summed E-state index contributed by atoms with van der Waals surface area (Å²) in [6.07, 6.45) is -2.32. The van der Waals surface area contributed by atoms with Gasteiger partial charge >= 0.3 is 12.1 Å². The predicted molar refractivity (Wildman–Crippen MR) is 88.6 cm³/mol. The van der Waals surface area contributed by atoms with E-state index in [4.69, 9.17) is 4.74 Å². The van der Waals surface area contributed by atoms with Crippen LogP contribution in [0.1, 0.15) is 33.8 Å². The minimum absolute atomic E-state index is 0.0116. The molecule has 6 heteroatoms. The van der Waals surface area contributed by atoms with E-state index in [9.17, 15) is 22.8 Å². The highest BCUT2D eigenvalue weighted by Crippen LogP contribution is 2.34. The smallest absolute Gasteiger partial charge is 0.416 e. The zero-order chi connectivity index (χ0) is 18.7. The number of carbonyl (C=O) groups is 2. The summed E-state index contributed by atoms with van der Waals surface area (Å²) >= 11 is 0. The Hall–Kier alpha value is -2.89. The van der Waals surface area contributed by atoms with Gasteiger partial charge in [0.2, 0.25) is 0 Å². The third-order valence-corrected chi connectivity index (χ3v) is 4.24. The van der Waals surface area contributed by atoms with Gasteiger partial charge in [-0.25, -0.2) is 4.79 Å². The van der Waals surface area contributed by atoms with Gasteiger partial charge in [0.05, 0.1) is 5.56 Å². The Labute approximate surface area is 148 Å². The molecule has 0 spiro atoms. The van der Waals surface area contributed by atoms with Crippen molar-refractivity contribution in [1.29, 1.82) is 0 Å². The monoisotopic (exact) mass is 360 g/mol. The molecule has 0 aliphatic carbocycles. The number of Topliss-reactive ketones (excluding diaryl/α,β-unsaturated/α-hetero) is 1. The van der Waals surface area contributed by atoms with Crippen LogP contribution in [0.25, 0.3) is 0 Å². The fraction of sp³-hybridized carbons (Fsp3) is 0.200. The fourth-order valence-corrected chi connectivity index (χ4v) is 2.89. The van der Waals surface area contributed by atoms with Crippen LogP contribution in [0.15, 0.2) is 66.7 Å². The molecule has 0 fully saturated rings. The molecule has 0 aromatic heterocycles. The van der Waals surface area contributed by atoms with Crippen LogP contribution in [0, 0.1) is 0 Å². The van der Waals surface area contributed by atoms with Crippen molar-refractivity contribution in [3.63, 3.8) is 0 Å². The molecule has 134 valence electrons. The molecule has 2 atom stereocenters. The lowest BCUT2D eigenvalue weighted by atomic mass is 9.86. The Kier molecular flexibility index (Phi) is 4.93. The molecule has 2 aromatic rings. The topological polar surface area (TPSA) is 43.4 Å². The van der Waals surface area contributed by atoms with E-state index in [1.807, 2.05) is 0 Å². The maximum Gasteiger partial charge on any atom is 0.416 e. The molecule has 0 saturated heterocycles. The molecule has 0 bridgehead atoms. The first-order valence-electron chi connectivity index (χ1n) is 7.99. The van der Waals surface area contributed by atoms with Crippen LogP contribution in [-0.4, -0.2) is 17.9 Å². The first-order valence-corrected chi connectivity index (χ1v) is 7.99. The summed E-state index contributed by atoms with van der Waals surface area (Å²) in [5, 5.41) is 0. The molecule has 1 aliphatic heterocycles. The summed E-state index contributed by atoms with van der Waals surface area (Å²) in [6.45, 7) is 0. The van der Waals surface area contributed by atoms with Crippen LogP contribution >= 0.6 is 0 Å². The molecular weight excluding hydrogens is 345 g/mol. The van der Waals surface area contributed by atoms with Crippen LogP contribution in [0.4, 0.5) is 13.2 Å². The van der Waals surface area contributed by atoms with E-state index in [1.165, 1.54) is 24.3 Å². The minimum Gasteiger partial charge on any atom is -0.454 e. The first kappa shape index (κ1) is 17.9. The summed E-state index contributed by atoms with van der Waals surface area (Å²) in [4.78, 5) is 23.9. The number of halogens is 3. The molecule has 0 radical (unpaired) electrons. The zero-order valence-electron chi connectivity index (χ0n) is 13.6. The maximum atomic E-state index is 12.8. The normalized spacial score (nSPS) is 17.8. The molecule has 0 unspecified atom stereocenters. The van der Waals surface area contributed by atoms with E-state index in [1.54, 1.807) is 30.3 Å². The van der Waals surface area contributed by atoms with E-state index in [2.05, 4.69) is 0 Å². The number of carbonyl (C=O) groups excluding carboxylic acids is 2. The Morgan fingerprint density at radius 1 is 1.04 bits per heavy atom.